The first-order chi connectivity index (χ1) is 14.7. The Bertz CT molecular complexity index is 1080. The Balaban J connectivity index is 1.27. The van der Waals surface area contributed by atoms with Gasteiger partial charge < -0.3 is 15.2 Å². The zero-order valence-corrected chi connectivity index (χ0v) is 16.3. The first kappa shape index (κ1) is 19.3. The number of aromatic nitrogens is 2. The largest absolute Gasteiger partial charge is 0.341 e. The van der Waals surface area contributed by atoms with Crippen LogP contribution in [0.4, 0.5) is 10.5 Å². The Morgan fingerprint density at radius 1 is 1.13 bits per heavy atom. The van der Waals surface area contributed by atoms with Gasteiger partial charge in [0.25, 0.3) is 5.91 Å². The monoisotopic (exact) mass is 399 g/mol. The van der Waals surface area contributed by atoms with Gasteiger partial charge in [-0.3, -0.25) is 9.69 Å². The summed E-state index contributed by atoms with van der Waals surface area (Å²) in [4.78, 5) is 29.7. The molecule has 2 aromatic carbocycles. The van der Waals surface area contributed by atoms with E-state index in [-0.39, 0.29) is 18.5 Å². The third kappa shape index (κ3) is 4.67. The molecule has 2 N–H and O–H groups in total. The van der Waals surface area contributed by atoms with Gasteiger partial charge in [0.2, 0.25) is 0 Å². The quantitative estimate of drug-likeness (QED) is 0.646. The van der Waals surface area contributed by atoms with E-state index in [1.54, 1.807) is 17.4 Å². The average Bonchev–Trinajstić information content (AvgIpc) is 3.44. The van der Waals surface area contributed by atoms with Crippen LogP contribution in [0.3, 0.4) is 0 Å². The minimum absolute atomic E-state index is 0.0775. The normalized spacial score (nSPS) is 12.8. The predicted octanol–water partition coefficient (Wildman–Crippen LogP) is 2.24. The molecular weight excluding hydrogens is 378 g/mol. The fourth-order valence-corrected chi connectivity index (χ4v) is 3.17. The number of anilines is 1. The SMILES string of the molecule is O=C(NCC#Cc1ccc(N2CCNC2=O)cc1)c1ccc(Cn2ccnc2)cc1. The molecule has 1 aliphatic rings. The van der Waals surface area contributed by atoms with E-state index in [0.29, 0.717) is 25.2 Å². The van der Waals surface area contributed by atoms with Crippen LogP contribution in [0.1, 0.15) is 21.5 Å². The van der Waals surface area contributed by atoms with Gasteiger partial charge in [-0.15, -0.1) is 0 Å². The van der Waals surface area contributed by atoms with Crippen LogP contribution in [-0.4, -0.2) is 41.1 Å². The number of carbonyl (C=O) groups excluding carboxylic acids is 2. The topological polar surface area (TPSA) is 79.3 Å². The summed E-state index contributed by atoms with van der Waals surface area (Å²) in [5.74, 6) is 5.82. The number of imidazole rings is 1. The molecule has 7 heteroatoms. The van der Waals surface area contributed by atoms with Gasteiger partial charge >= 0.3 is 6.03 Å². The van der Waals surface area contributed by atoms with Crippen molar-refractivity contribution in [3.63, 3.8) is 0 Å². The van der Waals surface area contributed by atoms with Gasteiger partial charge in [0, 0.05) is 48.8 Å². The lowest BCUT2D eigenvalue weighted by molar-refractivity contribution is 0.0958. The first-order valence-corrected chi connectivity index (χ1v) is 9.66. The first-order valence-electron chi connectivity index (χ1n) is 9.66. The minimum Gasteiger partial charge on any atom is -0.341 e. The highest BCUT2D eigenvalue weighted by molar-refractivity contribution is 5.94. The number of nitrogens with zero attached hydrogens (tertiary/aromatic N) is 3. The van der Waals surface area contributed by atoms with E-state index in [1.807, 2.05) is 59.3 Å². The van der Waals surface area contributed by atoms with Crippen molar-refractivity contribution in [1.82, 2.24) is 20.2 Å². The molecule has 1 fully saturated rings. The van der Waals surface area contributed by atoms with Gasteiger partial charge in [0.05, 0.1) is 12.9 Å². The van der Waals surface area contributed by atoms with Crippen molar-refractivity contribution in [3.8, 4) is 11.8 Å². The zero-order valence-electron chi connectivity index (χ0n) is 16.3. The molecular formula is C23H21N5O2. The van der Waals surface area contributed by atoms with Crippen molar-refractivity contribution in [3.05, 3.63) is 83.9 Å². The molecule has 2 heterocycles. The molecule has 7 nitrogen and oxygen atoms in total. The molecule has 0 unspecified atom stereocenters. The predicted molar refractivity (Wildman–Crippen MR) is 114 cm³/mol. The second kappa shape index (κ2) is 8.97. The average molecular weight is 399 g/mol. The summed E-state index contributed by atoms with van der Waals surface area (Å²) in [7, 11) is 0. The van der Waals surface area contributed by atoms with Crippen LogP contribution in [-0.2, 0) is 6.54 Å². The van der Waals surface area contributed by atoms with Gasteiger partial charge in [0.1, 0.15) is 0 Å². The highest BCUT2D eigenvalue weighted by Gasteiger charge is 2.20. The molecule has 0 aliphatic carbocycles. The molecule has 150 valence electrons. The van der Waals surface area contributed by atoms with E-state index >= 15 is 0 Å². The van der Waals surface area contributed by atoms with Crippen LogP contribution in [0.15, 0.2) is 67.3 Å². The van der Waals surface area contributed by atoms with E-state index in [0.717, 1.165) is 16.8 Å². The molecule has 4 rings (SSSR count). The molecule has 1 aromatic heterocycles. The molecule has 0 saturated carbocycles. The Kier molecular flexibility index (Phi) is 5.76. The summed E-state index contributed by atoms with van der Waals surface area (Å²) in [6.45, 7) is 2.30. The molecule has 0 spiro atoms. The van der Waals surface area contributed by atoms with Crippen LogP contribution in [0.25, 0.3) is 0 Å². The van der Waals surface area contributed by atoms with Crippen LogP contribution < -0.4 is 15.5 Å². The summed E-state index contributed by atoms with van der Waals surface area (Å²) in [6, 6.07) is 14.9. The van der Waals surface area contributed by atoms with Crippen molar-refractivity contribution < 1.29 is 9.59 Å². The number of hydrogen-bond donors (Lipinski definition) is 2. The Hall–Kier alpha value is -4.05. The summed E-state index contributed by atoms with van der Waals surface area (Å²) in [5.41, 5.74) is 3.37. The number of benzene rings is 2. The lowest BCUT2D eigenvalue weighted by atomic mass is 10.1. The smallest absolute Gasteiger partial charge is 0.321 e. The van der Waals surface area contributed by atoms with E-state index in [2.05, 4.69) is 27.5 Å². The third-order valence-electron chi connectivity index (χ3n) is 4.75. The molecule has 3 amide bonds. The van der Waals surface area contributed by atoms with Crippen LogP contribution >= 0.6 is 0 Å². The standard InChI is InChI=1S/C23H21N5O2/c29-22(20-7-3-19(4-8-20)16-27-14-12-24-17-27)25-11-1-2-18-5-9-21(10-6-18)28-15-13-26-23(28)30/h3-10,12,14,17H,11,13,15-16H2,(H,25,29)(H,26,30). The van der Waals surface area contributed by atoms with Crippen LogP contribution in [0.2, 0.25) is 0 Å². The molecule has 3 aromatic rings. The number of carbonyl (C=O) groups is 2. The second-order valence-corrected chi connectivity index (χ2v) is 6.85. The fraction of sp³-hybridized carbons (Fsp3) is 0.174. The second-order valence-electron chi connectivity index (χ2n) is 6.85. The van der Waals surface area contributed by atoms with E-state index in [4.69, 9.17) is 0 Å². The highest BCUT2D eigenvalue weighted by atomic mass is 16.2. The number of nitrogens with one attached hydrogen (secondary N) is 2. The number of rotatable bonds is 5. The van der Waals surface area contributed by atoms with E-state index < -0.39 is 0 Å². The molecule has 1 aliphatic heterocycles. The fourth-order valence-electron chi connectivity index (χ4n) is 3.17. The number of urea groups is 1. The Labute approximate surface area is 174 Å². The Morgan fingerprint density at radius 3 is 2.60 bits per heavy atom. The number of amides is 3. The van der Waals surface area contributed by atoms with Crippen molar-refractivity contribution in [1.29, 1.82) is 0 Å². The minimum atomic E-state index is -0.158. The van der Waals surface area contributed by atoms with Gasteiger partial charge in [-0.05, 0) is 42.0 Å². The molecule has 0 atom stereocenters. The maximum atomic E-state index is 12.3. The summed E-state index contributed by atoms with van der Waals surface area (Å²) in [5, 5.41) is 5.58. The van der Waals surface area contributed by atoms with Crippen LogP contribution in [0, 0.1) is 11.8 Å². The van der Waals surface area contributed by atoms with Crippen molar-refractivity contribution in [2.75, 3.05) is 24.5 Å². The van der Waals surface area contributed by atoms with Crippen molar-refractivity contribution in [2.45, 2.75) is 6.54 Å². The highest BCUT2D eigenvalue weighted by Crippen LogP contribution is 2.16. The zero-order chi connectivity index (χ0) is 20.8. The Morgan fingerprint density at radius 2 is 1.93 bits per heavy atom. The van der Waals surface area contributed by atoms with Gasteiger partial charge in [-0.25, -0.2) is 9.78 Å². The van der Waals surface area contributed by atoms with Crippen molar-refractivity contribution >= 4 is 17.6 Å². The van der Waals surface area contributed by atoms with E-state index in [1.165, 1.54) is 0 Å². The van der Waals surface area contributed by atoms with E-state index in [9.17, 15) is 9.59 Å². The molecule has 0 radical (unpaired) electrons. The lowest BCUT2D eigenvalue weighted by Gasteiger charge is -2.13. The maximum Gasteiger partial charge on any atom is 0.321 e. The van der Waals surface area contributed by atoms with Gasteiger partial charge in [-0.2, -0.15) is 0 Å². The lowest BCUT2D eigenvalue weighted by Crippen LogP contribution is -2.27. The molecule has 30 heavy (non-hydrogen) atoms. The summed E-state index contributed by atoms with van der Waals surface area (Å²) in [6.07, 6.45) is 5.40. The van der Waals surface area contributed by atoms with Crippen LogP contribution in [0.5, 0.6) is 0 Å². The third-order valence-corrected chi connectivity index (χ3v) is 4.75. The molecule has 1 saturated heterocycles. The van der Waals surface area contributed by atoms with Gasteiger partial charge in [0.15, 0.2) is 0 Å². The number of hydrogen-bond acceptors (Lipinski definition) is 3. The summed E-state index contributed by atoms with van der Waals surface area (Å²) >= 11 is 0. The summed E-state index contributed by atoms with van der Waals surface area (Å²) < 4.78 is 1.97. The maximum absolute atomic E-state index is 12.3. The van der Waals surface area contributed by atoms with Gasteiger partial charge in [-0.1, -0.05) is 24.0 Å². The van der Waals surface area contributed by atoms with Crippen molar-refractivity contribution in [2.24, 2.45) is 0 Å². The molecule has 0 bridgehead atoms.